The smallest absolute Gasteiger partial charge is 0.385 e. The van der Waals surface area contributed by atoms with Crippen LogP contribution in [0.1, 0.15) is 22.3 Å². The molecule has 5 nitrogen and oxygen atoms in total. The minimum atomic E-state index is -4.55. The van der Waals surface area contributed by atoms with Crippen LogP contribution in [0.2, 0.25) is 0 Å². The number of pyridine rings is 1. The lowest BCUT2D eigenvalue weighted by Gasteiger charge is -2.13. The van der Waals surface area contributed by atoms with E-state index in [4.69, 9.17) is 4.74 Å². The normalized spacial score (nSPS) is 11.2. The summed E-state index contributed by atoms with van der Waals surface area (Å²) in [5.74, 6) is -0.174. The van der Waals surface area contributed by atoms with Crippen LogP contribution < -0.4 is 10.6 Å². The summed E-state index contributed by atoms with van der Waals surface area (Å²) >= 11 is 0. The Balaban J connectivity index is 2.09. The first kappa shape index (κ1) is 18.7. The lowest BCUT2D eigenvalue weighted by molar-refractivity contribution is -0.136. The van der Waals surface area contributed by atoms with E-state index in [1.165, 1.54) is 36.5 Å². The summed E-state index contributed by atoms with van der Waals surface area (Å²) in [6.45, 7) is 1.18. The maximum atomic E-state index is 13.0. The number of rotatable bonds is 7. The molecular formula is C17H18F3N3O2. The SMILES string of the molecule is COCCCNc1cc(C(=O)Nc2ccccc2C(F)(F)F)ccn1. The maximum absolute atomic E-state index is 13.0. The number of methoxy groups -OCH3 is 1. The molecule has 0 bridgehead atoms. The molecule has 25 heavy (non-hydrogen) atoms. The Labute approximate surface area is 143 Å². The molecule has 0 saturated carbocycles. The van der Waals surface area contributed by atoms with E-state index in [1.807, 2.05) is 0 Å². The largest absolute Gasteiger partial charge is 0.418 e. The van der Waals surface area contributed by atoms with Crippen LogP contribution in [0.5, 0.6) is 0 Å². The van der Waals surface area contributed by atoms with Gasteiger partial charge in [-0.25, -0.2) is 4.98 Å². The summed E-state index contributed by atoms with van der Waals surface area (Å²) < 4.78 is 43.9. The third-order valence-corrected chi connectivity index (χ3v) is 3.33. The standard InChI is InChI=1S/C17H18F3N3O2/c1-25-10-4-8-21-15-11-12(7-9-22-15)16(24)23-14-6-3-2-5-13(14)17(18,19)20/h2-3,5-7,9,11H,4,8,10H2,1H3,(H,21,22)(H,23,24). The van der Waals surface area contributed by atoms with Crippen LogP contribution >= 0.6 is 0 Å². The zero-order chi connectivity index (χ0) is 18.3. The molecular weight excluding hydrogens is 335 g/mol. The minimum Gasteiger partial charge on any atom is -0.385 e. The summed E-state index contributed by atoms with van der Waals surface area (Å²) in [5.41, 5.74) is -0.969. The van der Waals surface area contributed by atoms with Crippen molar-refractivity contribution in [3.8, 4) is 0 Å². The van der Waals surface area contributed by atoms with E-state index >= 15 is 0 Å². The number of nitrogens with zero attached hydrogens (tertiary/aromatic N) is 1. The summed E-state index contributed by atoms with van der Waals surface area (Å²) in [4.78, 5) is 16.3. The fourth-order valence-corrected chi connectivity index (χ4v) is 2.14. The third-order valence-electron chi connectivity index (χ3n) is 3.33. The molecule has 1 aromatic heterocycles. The molecule has 0 aliphatic heterocycles. The highest BCUT2D eigenvalue weighted by Crippen LogP contribution is 2.34. The van der Waals surface area contributed by atoms with Crippen molar-refractivity contribution in [1.82, 2.24) is 4.98 Å². The molecule has 0 saturated heterocycles. The maximum Gasteiger partial charge on any atom is 0.418 e. The van der Waals surface area contributed by atoms with Crippen LogP contribution in [0.3, 0.4) is 0 Å². The molecule has 2 N–H and O–H groups in total. The van der Waals surface area contributed by atoms with Crippen LogP contribution in [0.15, 0.2) is 42.6 Å². The Morgan fingerprint density at radius 1 is 1.24 bits per heavy atom. The number of benzene rings is 1. The van der Waals surface area contributed by atoms with Crippen molar-refractivity contribution < 1.29 is 22.7 Å². The van der Waals surface area contributed by atoms with Gasteiger partial charge in [0.25, 0.3) is 5.91 Å². The zero-order valence-corrected chi connectivity index (χ0v) is 13.6. The van der Waals surface area contributed by atoms with Gasteiger partial charge in [-0.05, 0) is 30.7 Å². The third kappa shape index (κ3) is 5.46. The Bertz CT molecular complexity index is 720. The molecule has 2 aromatic rings. The summed E-state index contributed by atoms with van der Waals surface area (Å²) in [6, 6.07) is 7.76. The number of para-hydroxylation sites is 1. The van der Waals surface area contributed by atoms with Gasteiger partial charge in [-0.15, -0.1) is 0 Å². The van der Waals surface area contributed by atoms with Gasteiger partial charge in [-0.3, -0.25) is 4.79 Å². The molecule has 0 aliphatic carbocycles. The summed E-state index contributed by atoms with van der Waals surface area (Å²) in [5, 5.41) is 5.33. The van der Waals surface area contributed by atoms with Gasteiger partial charge < -0.3 is 15.4 Å². The lowest BCUT2D eigenvalue weighted by atomic mass is 10.1. The van der Waals surface area contributed by atoms with Gasteiger partial charge in [0, 0.05) is 32.0 Å². The first-order valence-electron chi connectivity index (χ1n) is 7.58. The van der Waals surface area contributed by atoms with Crippen molar-refractivity contribution >= 4 is 17.4 Å². The highest BCUT2D eigenvalue weighted by molar-refractivity contribution is 6.05. The van der Waals surface area contributed by atoms with Crippen LogP contribution in [0.25, 0.3) is 0 Å². The van der Waals surface area contributed by atoms with Gasteiger partial charge in [0.05, 0.1) is 11.3 Å². The molecule has 0 unspecified atom stereocenters. The van der Waals surface area contributed by atoms with Crippen LogP contribution in [0.4, 0.5) is 24.7 Å². The number of carbonyl (C=O) groups excluding carboxylic acids is 1. The van der Waals surface area contributed by atoms with Gasteiger partial charge in [0.15, 0.2) is 0 Å². The topological polar surface area (TPSA) is 63.2 Å². The van der Waals surface area contributed by atoms with E-state index in [2.05, 4.69) is 15.6 Å². The molecule has 0 radical (unpaired) electrons. The van der Waals surface area contributed by atoms with E-state index in [1.54, 1.807) is 7.11 Å². The molecule has 0 aliphatic rings. The van der Waals surface area contributed by atoms with E-state index in [0.717, 1.165) is 12.5 Å². The van der Waals surface area contributed by atoms with E-state index in [0.29, 0.717) is 19.0 Å². The number of hydrogen-bond donors (Lipinski definition) is 2. The second kappa shape index (κ2) is 8.48. The number of hydrogen-bond acceptors (Lipinski definition) is 4. The molecule has 8 heteroatoms. The number of halogens is 3. The van der Waals surface area contributed by atoms with Crippen LogP contribution in [-0.4, -0.2) is 31.2 Å². The molecule has 0 spiro atoms. The number of aromatic nitrogens is 1. The first-order valence-corrected chi connectivity index (χ1v) is 7.58. The fourth-order valence-electron chi connectivity index (χ4n) is 2.14. The summed E-state index contributed by atoms with van der Waals surface area (Å²) in [7, 11) is 1.60. The molecule has 0 fully saturated rings. The van der Waals surface area contributed by atoms with Crippen molar-refractivity contribution in [3.63, 3.8) is 0 Å². The Hall–Kier alpha value is -2.61. The van der Waals surface area contributed by atoms with E-state index < -0.39 is 17.6 Å². The van der Waals surface area contributed by atoms with Gasteiger partial charge in [-0.1, -0.05) is 12.1 Å². The van der Waals surface area contributed by atoms with Crippen molar-refractivity contribution in [3.05, 3.63) is 53.7 Å². The average molecular weight is 353 g/mol. The van der Waals surface area contributed by atoms with Gasteiger partial charge in [-0.2, -0.15) is 13.2 Å². The van der Waals surface area contributed by atoms with Crippen LogP contribution in [-0.2, 0) is 10.9 Å². The molecule has 2 rings (SSSR count). The molecule has 1 heterocycles. The number of carbonyl (C=O) groups is 1. The predicted molar refractivity (Wildman–Crippen MR) is 88.6 cm³/mol. The number of alkyl halides is 3. The van der Waals surface area contributed by atoms with Crippen molar-refractivity contribution in [1.29, 1.82) is 0 Å². The monoisotopic (exact) mass is 353 g/mol. The van der Waals surface area contributed by atoms with E-state index in [-0.39, 0.29) is 11.3 Å². The van der Waals surface area contributed by atoms with Crippen molar-refractivity contribution in [2.24, 2.45) is 0 Å². The number of anilines is 2. The highest BCUT2D eigenvalue weighted by atomic mass is 19.4. The number of ether oxygens (including phenoxy) is 1. The van der Waals surface area contributed by atoms with Gasteiger partial charge in [0.1, 0.15) is 5.82 Å². The van der Waals surface area contributed by atoms with Crippen molar-refractivity contribution in [2.45, 2.75) is 12.6 Å². The quantitative estimate of drug-likeness (QED) is 0.743. The highest BCUT2D eigenvalue weighted by Gasteiger charge is 2.33. The minimum absolute atomic E-state index is 0.209. The predicted octanol–water partition coefficient (Wildman–Crippen LogP) is 3.80. The Kier molecular flexibility index (Phi) is 6.35. The Morgan fingerprint density at radius 2 is 2.00 bits per heavy atom. The molecule has 1 aromatic carbocycles. The lowest BCUT2D eigenvalue weighted by Crippen LogP contribution is -2.17. The second-order valence-electron chi connectivity index (χ2n) is 5.20. The first-order chi connectivity index (χ1) is 11.9. The van der Waals surface area contributed by atoms with Crippen LogP contribution in [0, 0.1) is 0 Å². The molecule has 134 valence electrons. The Morgan fingerprint density at radius 3 is 2.72 bits per heavy atom. The van der Waals surface area contributed by atoms with Gasteiger partial charge >= 0.3 is 6.18 Å². The average Bonchev–Trinajstić information content (AvgIpc) is 2.58. The van der Waals surface area contributed by atoms with Crippen molar-refractivity contribution in [2.75, 3.05) is 30.9 Å². The molecule has 0 atom stereocenters. The number of nitrogens with one attached hydrogen (secondary N) is 2. The second-order valence-corrected chi connectivity index (χ2v) is 5.20. The fraction of sp³-hybridized carbons (Fsp3) is 0.294. The van der Waals surface area contributed by atoms with Gasteiger partial charge in [0.2, 0.25) is 0 Å². The zero-order valence-electron chi connectivity index (χ0n) is 13.6. The van der Waals surface area contributed by atoms with E-state index in [9.17, 15) is 18.0 Å². The number of amides is 1. The molecule has 1 amide bonds. The summed E-state index contributed by atoms with van der Waals surface area (Å²) in [6.07, 6.45) is -2.37.